The van der Waals surface area contributed by atoms with E-state index in [4.69, 9.17) is 0 Å². The Labute approximate surface area is 36.3 Å². The summed E-state index contributed by atoms with van der Waals surface area (Å²) < 4.78 is 0. The van der Waals surface area contributed by atoms with Crippen molar-refractivity contribution in [2.24, 2.45) is 0 Å². The van der Waals surface area contributed by atoms with E-state index in [9.17, 15) is 0 Å². The molecule has 0 saturated carbocycles. The zero-order valence-corrected chi connectivity index (χ0v) is 3.44. The van der Waals surface area contributed by atoms with Crippen molar-refractivity contribution in [3.8, 4) is 0 Å². The molecule has 2 unspecified atom stereocenters. The van der Waals surface area contributed by atoms with Crippen LogP contribution in [-0.2, 0) is 0 Å². The molecule has 2 atom stereocenters. The van der Waals surface area contributed by atoms with Gasteiger partial charge >= 0.3 is 0 Å². The van der Waals surface area contributed by atoms with E-state index < -0.39 is 0 Å². The van der Waals surface area contributed by atoms with Crippen LogP contribution in [0, 0.1) is 0 Å². The van der Waals surface area contributed by atoms with E-state index in [1.807, 2.05) is 0 Å². The second-order valence-corrected chi connectivity index (χ2v) is 1.68. The Morgan fingerprint density at radius 1 is 1.67 bits per heavy atom. The van der Waals surface area contributed by atoms with Crippen molar-refractivity contribution in [2.45, 2.75) is 6.29 Å². The molecule has 34 valence electrons. The molecule has 0 aromatic heterocycles. The molecule has 0 aromatic carbocycles. The van der Waals surface area contributed by atoms with E-state index in [-0.39, 0.29) is 0 Å². The maximum atomic E-state index is 3.21. The van der Waals surface area contributed by atoms with Crippen LogP contribution >= 0.6 is 0 Å². The Balaban J connectivity index is 2.09. The first-order chi connectivity index (χ1) is 2.97. The van der Waals surface area contributed by atoms with Crippen LogP contribution in [0.3, 0.4) is 0 Å². The van der Waals surface area contributed by atoms with Gasteiger partial charge in [0.2, 0.25) is 0 Å². The molecular weight excluding hydrogens is 78.1 g/mol. The smallest absolute Gasteiger partial charge is 0.140 e. The molecule has 2 aliphatic heterocycles. The van der Waals surface area contributed by atoms with Crippen molar-refractivity contribution in [1.29, 1.82) is 0 Å². The van der Waals surface area contributed by atoms with Gasteiger partial charge in [0.05, 0.1) is 0 Å². The molecule has 2 saturated heterocycles. The van der Waals surface area contributed by atoms with Gasteiger partial charge in [0.1, 0.15) is 6.29 Å². The molecule has 0 aromatic rings. The van der Waals surface area contributed by atoms with E-state index >= 15 is 0 Å². The highest BCUT2D eigenvalue weighted by molar-refractivity contribution is 4.82. The summed E-state index contributed by atoms with van der Waals surface area (Å²) in [5.41, 5.74) is 3.09. The van der Waals surface area contributed by atoms with Gasteiger partial charge in [0, 0.05) is 13.1 Å². The molecule has 2 aliphatic rings. The lowest BCUT2D eigenvalue weighted by molar-refractivity contribution is 0.554. The summed E-state index contributed by atoms with van der Waals surface area (Å²) in [5, 5.41) is 5.38. The van der Waals surface area contributed by atoms with Crippen LogP contribution in [0.4, 0.5) is 0 Å². The van der Waals surface area contributed by atoms with E-state index in [1.165, 1.54) is 6.54 Å². The number of hydrazine groups is 1. The first-order valence-electron chi connectivity index (χ1n) is 2.23. The summed E-state index contributed by atoms with van der Waals surface area (Å²) >= 11 is 0. The van der Waals surface area contributed by atoms with Gasteiger partial charge in [-0.25, -0.2) is 10.4 Å². The highest BCUT2D eigenvalue weighted by Crippen LogP contribution is 2.07. The van der Waals surface area contributed by atoms with Crippen LogP contribution in [0.2, 0.25) is 0 Å². The molecule has 2 N–H and O–H groups in total. The lowest BCUT2D eigenvalue weighted by Gasteiger charge is -1.85. The first kappa shape index (κ1) is 2.96. The molecular formula is C3H7N3. The number of rotatable bonds is 0. The summed E-state index contributed by atoms with van der Waals surface area (Å²) in [4.78, 5) is 0. The number of nitrogens with zero attached hydrogens (tertiary/aromatic N) is 1. The maximum Gasteiger partial charge on any atom is 0.140 e. The molecule has 6 heavy (non-hydrogen) atoms. The van der Waals surface area contributed by atoms with Gasteiger partial charge in [-0.2, -0.15) is 0 Å². The summed E-state index contributed by atoms with van der Waals surface area (Å²) in [6.45, 7) is 2.32. The fraction of sp³-hybridized carbons (Fsp3) is 1.00. The topological polar surface area (TPSA) is 37.0 Å². The molecule has 0 spiro atoms. The molecule has 2 rings (SSSR count). The van der Waals surface area contributed by atoms with Gasteiger partial charge < -0.3 is 0 Å². The highest BCUT2D eigenvalue weighted by Gasteiger charge is 2.36. The van der Waals surface area contributed by atoms with Crippen LogP contribution in [-0.4, -0.2) is 24.4 Å². The van der Waals surface area contributed by atoms with Crippen LogP contribution in [0.5, 0.6) is 0 Å². The quantitative estimate of drug-likeness (QED) is 0.359. The monoisotopic (exact) mass is 85.1 g/mol. The van der Waals surface area contributed by atoms with Crippen molar-refractivity contribution in [1.82, 2.24) is 15.8 Å². The molecule has 2 fully saturated rings. The van der Waals surface area contributed by atoms with Gasteiger partial charge in [0.25, 0.3) is 0 Å². The van der Waals surface area contributed by atoms with Gasteiger partial charge in [-0.15, -0.1) is 0 Å². The van der Waals surface area contributed by atoms with Gasteiger partial charge in [-0.05, 0) is 0 Å². The Morgan fingerprint density at radius 2 is 2.67 bits per heavy atom. The molecule has 0 radical (unpaired) electrons. The molecule has 3 heteroatoms. The van der Waals surface area contributed by atoms with Gasteiger partial charge in [0.15, 0.2) is 0 Å². The van der Waals surface area contributed by atoms with Gasteiger partial charge in [-0.1, -0.05) is 0 Å². The lowest BCUT2D eigenvalue weighted by atomic mass is 10.7. The van der Waals surface area contributed by atoms with Crippen molar-refractivity contribution in [3.05, 3.63) is 0 Å². The van der Waals surface area contributed by atoms with Crippen molar-refractivity contribution in [3.63, 3.8) is 0 Å². The third-order valence-corrected chi connectivity index (χ3v) is 1.22. The largest absolute Gasteiger partial charge is 0.286 e. The SMILES string of the molecule is C1CN2NC2N1. The van der Waals surface area contributed by atoms with E-state index in [1.54, 1.807) is 0 Å². The molecule has 0 amide bonds. The van der Waals surface area contributed by atoms with Gasteiger partial charge in [-0.3, -0.25) is 5.32 Å². The van der Waals surface area contributed by atoms with E-state index in [0.717, 1.165) is 6.54 Å². The minimum absolute atomic E-state index is 0.546. The van der Waals surface area contributed by atoms with Crippen LogP contribution in [0.1, 0.15) is 0 Å². The summed E-state index contributed by atoms with van der Waals surface area (Å²) in [7, 11) is 0. The Bertz CT molecular complexity index is 64.4. The summed E-state index contributed by atoms with van der Waals surface area (Å²) in [5.74, 6) is 0. The number of hydrogen-bond donors (Lipinski definition) is 2. The number of hydrogen-bond acceptors (Lipinski definition) is 3. The second-order valence-electron chi connectivity index (χ2n) is 1.68. The normalized spacial score (nSPS) is 52.0. The fourth-order valence-corrected chi connectivity index (χ4v) is 0.795. The Morgan fingerprint density at radius 3 is 2.83 bits per heavy atom. The first-order valence-corrected chi connectivity index (χ1v) is 2.23. The zero-order valence-electron chi connectivity index (χ0n) is 3.44. The highest BCUT2D eigenvalue weighted by atomic mass is 15.8. The molecule has 3 nitrogen and oxygen atoms in total. The fourth-order valence-electron chi connectivity index (χ4n) is 0.795. The number of nitrogens with one attached hydrogen (secondary N) is 2. The standard InChI is InChI=1S/C3H7N3/c1-2-6-3(4-1)5-6/h3-5H,1-2H2. The van der Waals surface area contributed by atoms with Crippen molar-refractivity contribution >= 4 is 0 Å². The number of fused-ring (bicyclic) bond motifs is 1. The third kappa shape index (κ3) is 0.228. The average molecular weight is 85.1 g/mol. The molecule has 2 heterocycles. The van der Waals surface area contributed by atoms with E-state index in [2.05, 4.69) is 15.8 Å². The maximum absolute atomic E-state index is 3.21. The minimum atomic E-state index is 0.546. The van der Waals surface area contributed by atoms with Crippen LogP contribution < -0.4 is 10.7 Å². The predicted molar refractivity (Wildman–Crippen MR) is 21.6 cm³/mol. The van der Waals surface area contributed by atoms with Crippen LogP contribution in [0.15, 0.2) is 0 Å². The van der Waals surface area contributed by atoms with Crippen molar-refractivity contribution < 1.29 is 0 Å². The molecule has 0 bridgehead atoms. The third-order valence-electron chi connectivity index (χ3n) is 1.22. The zero-order chi connectivity index (χ0) is 3.98. The predicted octanol–water partition coefficient (Wildman–Crippen LogP) is -1.31. The molecule has 0 aliphatic carbocycles. The Kier molecular flexibility index (Phi) is 0.371. The minimum Gasteiger partial charge on any atom is -0.286 e. The summed E-state index contributed by atoms with van der Waals surface area (Å²) in [6.07, 6.45) is 0.546. The Hall–Kier alpha value is -0.120. The average Bonchev–Trinajstić information content (AvgIpc) is 2.17. The lowest BCUT2D eigenvalue weighted by Crippen LogP contribution is -2.18. The second kappa shape index (κ2) is 0.753. The van der Waals surface area contributed by atoms with Crippen molar-refractivity contribution in [2.75, 3.05) is 13.1 Å². The summed E-state index contributed by atoms with van der Waals surface area (Å²) in [6, 6.07) is 0. The van der Waals surface area contributed by atoms with Crippen LogP contribution in [0.25, 0.3) is 0 Å². The van der Waals surface area contributed by atoms with E-state index in [0.29, 0.717) is 6.29 Å².